The van der Waals surface area contributed by atoms with Gasteiger partial charge in [-0.2, -0.15) is 11.8 Å². The predicted molar refractivity (Wildman–Crippen MR) is 52.4 cm³/mol. The minimum Gasteiger partial charge on any atom is -0.355 e. The van der Waals surface area contributed by atoms with Crippen LogP contribution in [0, 0.1) is 0 Å². The monoisotopic (exact) mass is 188 g/mol. The van der Waals surface area contributed by atoms with Crippen molar-refractivity contribution in [2.75, 3.05) is 24.6 Å². The van der Waals surface area contributed by atoms with Crippen LogP contribution in [0.2, 0.25) is 0 Å². The van der Waals surface area contributed by atoms with E-state index in [2.05, 4.69) is 17.6 Å². The molecule has 4 heteroatoms. The highest BCUT2D eigenvalue weighted by atomic mass is 32.2. The number of carbonyl (C=O) groups is 1. The normalized spacial score (nSPS) is 23.6. The summed E-state index contributed by atoms with van der Waals surface area (Å²) in [6.45, 7) is 3.81. The summed E-state index contributed by atoms with van der Waals surface area (Å²) >= 11 is 1.84. The van der Waals surface area contributed by atoms with E-state index in [0.717, 1.165) is 31.0 Å². The third-order valence-corrected chi connectivity index (χ3v) is 2.85. The molecule has 1 amide bonds. The number of nitrogens with one attached hydrogen (secondary N) is 2. The van der Waals surface area contributed by atoms with Gasteiger partial charge in [-0.05, 0) is 6.42 Å². The molecule has 0 aromatic rings. The molecule has 3 nitrogen and oxygen atoms in total. The maximum absolute atomic E-state index is 11.4. The number of thioether (sulfide) groups is 1. The van der Waals surface area contributed by atoms with Gasteiger partial charge in [-0.25, -0.2) is 0 Å². The first-order chi connectivity index (χ1) is 5.84. The Labute approximate surface area is 77.7 Å². The van der Waals surface area contributed by atoms with Gasteiger partial charge in [0, 0.05) is 24.6 Å². The molecular weight excluding hydrogens is 172 g/mol. The first-order valence-electron chi connectivity index (χ1n) is 4.43. The summed E-state index contributed by atoms with van der Waals surface area (Å²) in [6, 6.07) is 0.0373. The number of carbonyl (C=O) groups excluding carboxylic acids is 1. The zero-order valence-electron chi connectivity index (χ0n) is 7.43. The topological polar surface area (TPSA) is 41.1 Å². The van der Waals surface area contributed by atoms with E-state index in [4.69, 9.17) is 0 Å². The molecule has 1 rings (SSSR count). The lowest BCUT2D eigenvalue weighted by atomic mass is 10.3. The van der Waals surface area contributed by atoms with Crippen LogP contribution in [0.4, 0.5) is 0 Å². The van der Waals surface area contributed by atoms with Crippen LogP contribution in [-0.4, -0.2) is 36.5 Å². The van der Waals surface area contributed by atoms with Gasteiger partial charge in [0.05, 0.1) is 6.04 Å². The SMILES string of the molecule is CCCNC(=O)C1CSCCN1. The van der Waals surface area contributed by atoms with Gasteiger partial charge in [0.25, 0.3) is 0 Å². The highest BCUT2D eigenvalue weighted by molar-refractivity contribution is 7.99. The summed E-state index contributed by atoms with van der Waals surface area (Å²) < 4.78 is 0. The van der Waals surface area contributed by atoms with E-state index in [0.29, 0.717) is 0 Å². The van der Waals surface area contributed by atoms with Crippen LogP contribution in [0.1, 0.15) is 13.3 Å². The molecule has 12 heavy (non-hydrogen) atoms. The fraction of sp³-hybridized carbons (Fsp3) is 0.875. The van der Waals surface area contributed by atoms with Gasteiger partial charge < -0.3 is 10.6 Å². The molecule has 0 saturated carbocycles. The zero-order chi connectivity index (χ0) is 8.81. The molecule has 0 aromatic heterocycles. The summed E-state index contributed by atoms with van der Waals surface area (Å²) in [5.74, 6) is 2.19. The Hall–Kier alpha value is -0.220. The van der Waals surface area contributed by atoms with Crippen molar-refractivity contribution in [3.8, 4) is 0 Å². The summed E-state index contributed by atoms with van der Waals surface area (Å²) in [4.78, 5) is 11.4. The van der Waals surface area contributed by atoms with Gasteiger partial charge in [-0.3, -0.25) is 4.79 Å². The Kier molecular flexibility index (Phi) is 4.46. The quantitative estimate of drug-likeness (QED) is 0.665. The Balaban J connectivity index is 2.20. The molecule has 0 aromatic carbocycles. The summed E-state index contributed by atoms with van der Waals surface area (Å²) in [5.41, 5.74) is 0. The third-order valence-electron chi connectivity index (χ3n) is 1.79. The molecule has 2 N–H and O–H groups in total. The third kappa shape index (κ3) is 3.03. The van der Waals surface area contributed by atoms with Gasteiger partial charge in [-0.1, -0.05) is 6.92 Å². The number of hydrogen-bond donors (Lipinski definition) is 2. The molecule has 0 bridgehead atoms. The van der Waals surface area contributed by atoms with Crippen molar-refractivity contribution >= 4 is 17.7 Å². The van der Waals surface area contributed by atoms with Crippen molar-refractivity contribution in [1.29, 1.82) is 0 Å². The Morgan fingerprint density at radius 3 is 3.17 bits per heavy atom. The lowest BCUT2D eigenvalue weighted by Gasteiger charge is -2.21. The van der Waals surface area contributed by atoms with E-state index in [1.807, 2.05) is 11.8 Å². The van der Waals surface area contributed by atoms with Crippen molar-refractivity contribution in [2.24, 2.45) is 0 Å². The smallest absolute Gasteiger partial charge is 0.237 e. The summed E-state index contributed by atoms with van der Waals surface area (Å²) in [7, 11) is 0. The summed E-state index contributed by atoms with van der Waals surface area (Å²) in [6.07, 6.45) is 1.01. The standard InChI is InChI=1S/C8H16N2OS/c1-2-3-10-8(11)7-6-12-5-4-9-7/h7,9H,2-6H2,1H3,(H,10,11). The molecule has 1 fully saturated rings. The second-order valence-corrected chi connectivity index (χ2v) is 4.02. The zero-order valence-corrected chi connectivity index (χ0v) is 8.25. The van der Waals surface area contributed by atoms with Gasteiger partial charge in [0.2, 0.25) is 5.91 Å². The fourth-order valence-electron chi connectivity index (χ4n) is 1.11. The van der Waals surface area contributed by atoms with Crippen molar-refractivity contribution < 1.29 is 4.79 Å². The lowest BCUT2D eigenvalue weighted by Crippen LogP contribution is -2.49. The van der Waals surface area contributed by atoms with Crippen molar-refractivity contribution in [3.63, 3.8) is 0 Å². The Morgan fingerprint density at radius 1 is 1.75 bits per heavy atom. The molecule has 1 unspecified atom stereocenters. The maximum Gasteiger partial charge on any atom is 0.237 e. The molecule has 0 radical (unpaired) electrons. The second-order valence-electron chi connectivity index (χ2n) is 2.87. The van der Waals surface area contributed by atoms with Crippen molar-refractivity contribution in [3.05, 3.63) is 0 Å². The molecular formula is C8H16N2OS. The van der Waals surface area contributed by atoms with E-state index in [-0.39, 0.29) is 11.9 Å². The lowest BCUT2D eigenvalue weighted by molar-refractivity contribution is -0.122. The minimum atomic E-state index is 0.0373. The number of rotatable bonds is 3. The van der Waals surface area contributed by atoms with Gasteiger partial charge in [0.1, 0.15) is 0 Å². The first kappa shape index (κ1) is 9.86. The van der Waals surface area contributed by atoms with Gasteiger partial charge in [0.15, 0.2) is 0 Å². The molecule has 1 aliphatic rings. The van der Waals surface area contributed by atoms with Crippen LogP contribution in [0.15, 0.2) is 0 Å². The average Bonchev–Trinajstić information content (AvgIpc) is 2.15. The average molecular weight is 188 g/mol. The van der Waals surface area contributed by atoms with E-state index < -0.39 is 0 Å². The van der Waals surface area contributed by atoms with Crippen LogP contribution in [-0.2, 0) is 4.79 Å². The molecule has 1 aliphatic heterocycles. The molecule has 1 atom stereocenters. The van der Waals surface area contributed by atoms with E-state index in [1.165, 1.54) is 0 Å². The highest BCUT2D eigenvalue weighted by Gasteiger charge is 2.19. The van der Waals surface area contributed by atoms with E-state index in [1.54, 1.807) is 0 Å². The maximum atomic E-state index is 11.4. The predicted octanol–water partition coefficient (Wildman–Crippen LogP) is 0.218. The molecule has 1 heterocycles. The van der Waals surface area contributed by atoms with Crippen molar-refractivity contribution in [1.82, 2.24) is 10.6 Å². The molecule has 70 valence electrons. The van der Waals surface area contributed by atoms with E-state index >= 15 is 0 Å². The Bertz CT molecular complexity index is 146. The van der Waals surface area contributed by atoms with Crippen LogP contribution < -0.4 is 10.6 Å². The van der Waals surface area contributed by atoms with E-state index in [9.17, 15) is 4.79 Å². The fourth-order valence-corrected chi connectivity index (χ4v) is 2.04. The summed E-state index contributed by atoms with van der Waals surface area (Å²) in [5, 5.41) is 6.08. The molecule has 0 spiro atoms. The van der Waals surface area contributed by atoms with Gasteiger partial charge >= 0.3 is 0 Å². The number of amides is 1. The largest absolute Gasteiger partial charge is 0.355 e. The first-order valence-corrected chi connectivity index (χ1v) is 5.59. The number of hydrogen-bond acceptors (Lipinski definition) is 3. The molecule has 1 saturated heterocycles. The minimum absolute atomic E-state index is 0.0373. The van der Waals surface area contributed by atoms with Crippen LogP contribution in [0.3, 0.4) is 0 Å². The van der Waals surface area contributed by atoms with Gasteiger partial charge in [-0.15, -0.1) is 0 Å². The second kappa shape index (κ2) is 5.43. The van der Waals surface area contributed by atoms with Crippen LogP contribution in [0.25, 0.3) is 0 Å². The highest BCUT2D eigenvalue weighted by Crippen LogP contribution is 2.07. The Morgan fingerprint density at radius 2 is 2.58 bits per heavy atom. The molecule has 0 aliphatic carbocycles. The van der Waals surface area contributed by atoms with Crippen molar-refractivity contribution in [2.45, 2.75) is 19.4 Å². The van der Waals surface area contributed by atoms with Crippen LogP contribution in [0.5, 0.6) is 0 Å². The van der Waals surface area contributed by atoms with Crippen LogP contribution >= 0.6 is 11.8 Å².